The molecule has 1 heterocycles. The molecule has 1 atom stereocenters. The Labute approximate surface area is 127 Å². The molecule has 0 bridgehead atoms. The number of nitrogens with two attached hydrogens (primary N) is 1. The van der Waals surface area contributed by atoms with Crippen LogP contribution in [0.15, 0.2) is 29.9 Å². The number of hydrogen-bond donors (Lipinski definition) is 2. The summed E-state index contributed by atoms with van der Waals surface area (Å²) in [5.74, 6) is 0.726. The first-order valence-corrected chi connectivity index (χ1v) is 9.15. The van der Waals surface area contributed by atoms with Gasteiger partial charge < -0.3 is 5.73 Å². The van der Waals surface area contributed by atoms with Crippen LogP contribution in [0.4, 0.5) is 0 Å². The van der Waals surface area contributed by atoms with Crippen LogP contribution in [0.2, 0.25) is 0 Å². The number of nitrogens with one attached hydrogen (secondary N) is 1. The lowest BCUT2D eigenvalue weighted by Crippen LogP contribution is -2.13. The molecule has 0 aliphatic carbocycles. The summed E-state index contributed by atoms with van der Waals surface area (Å²) in [4.78, 5) is 4.05. The van der Waals surface area contributed by atoms with Crippen LogP contribution in [0.5, 0.6) is 5.75 Å². The zero-order chi connectivity index (χ0) is 15.0. The second-order valence-corrected chi connectivity index (χ2v) is 6.48. The first-order chi connectivity index (χ1) is 9.58. The Morgan fingerprint density at radius 1 is 1.50 bits per heavy atom. The second kappa shape index (κ2) is 8.88. The van der Waals surface area contributed by atoms with Gasteiger partial charge in [-0.1, -0.05) is 20.3 Å². The molecule has 1 unspecified atom stereocenters. The summed E-state index contributed by atoms with van der Waals surface area (Å²) in [5.41, 5.74) is 9.02. The summed E-state index contributed by atoms with van der Waals surface area (Å²) in [6.07, 6.45) is 7.38. The van der Waals surface area contributed by atoms with Crippen molar-refractivity contribution in [3.63, 3.8) is 0 Å². The van der Waals surface area contributed by atoms with Gasteiger partial charge in [0.2, 0.25) is 17.6 Å². The largest absolute Gasteiger partial charge is 0.519 e. The van der Waals surface area contributed by atoms with Crippen molar-refractivity contribution in [2.75, 3.05) is 0 Å². The van der Waals surface area contributed by atoms with E-state index in [1.807, 2.05) is 13.0 Å². The molecule has 0 fully saturated rings. The first kappa shape index (κ1) is 16.9. The monoisotopic (exact) mass is 312 g/mol. The third-order valence-electron chi connectivity index (χ3n) is 2.94. The fraction of sp³-hybridized carbons (Fsp3) is 0.500. The highest BCUT2D eigenvalue weighted by atomic mass is 32.4. The number of allylic oxidation sites excluding steroid dienone is 2. The van der Waals surface area contributed by atoms with Gasteiger partial charge in [0.15, 0.2) is 0 Å². The van der Waals surface area contributed by atoms with E-state index < -0.39 is 7.07 Å². The van der Waals surface area contributed by atoms with Gasteiger partial charge >= 0.3 is 7.07 Å². The van der Waals surface area contributed by atoms with Crippen molar-refractivity contribution in [1.29, 1.82) is 0 Å². The Kier molecular flexibility index (Phi) is 7.48. The molecule has 110 valence electrons. The Morgan fingerprint density at radius 3 is 2.85 bits per heavy atom. The van der Waals surface area contributed by atoms with E-state index in [0.717, 1.165) is 48.4 Å². The summed E-state index contributed by atoms with van der Waals surface area (Å²) in [6.45, 7) is 6.19. The minimum Gasteiger partial charge on any atom is -0.401 e. The van der Waals surface area contributed by atoms with Crippen LogP contribution in [0.25, 0.3) is 0 Å². The van der Waals surface area contributed by atoms with Gasteiger partial charge in [-0.3, -0.25) is 9.51 Å². The quantitative estimate of drug-likeness (QED) is 0.713. The van der Waals surface area contributed by atoms with Crippen LogP contribution in [-0.4, -0.2) is 4.98 Å². The lowest BCUT2D eigenvalue weighted by molar-refractivity contribution is 0.609. The number of unbranched alkanes of at least 4 members (excludes halogenated alkanes) is 1. The summed E-state index contributed by atoms with van der Waals surface area (Å²) in [5, 5.41) is 3.24. The molecular weight excluding hydrogens is 289 g/mol. The van der Waals surface area contributed by atoms with E-state index in [2.05, 4.69) is 23.9 Å². The van der Waals surface area contributed by atoms with Gasteiger partial charge in [-0.05, 0) is 32.3 Å². The van der Waals surface area contributed by atoms with Gasteiger partial charge in [0.25, 0.3) is 0 Å². The van der Waals surface area contributed by atoms with Gasteiger partial charge in [0, 0.05) is 17.5 Å². The molecule has 0 radical (unpaired) electrons. The Balaban J connectivity index is 2.66. The van der Waals surface area contributed by atoms with E-state index in [4.69, 9.17) is 22.1 Å². The maximum absolute atomic E-state index is 6.10. The molecule has 4 nitrogen and oxygen atoms in total. The molecule has 0 spiro atoms. The van der Waals surface area contributed by atoms with Crippen molar-refractivity contribution >= 4 is 18.9 Å². The number of nitrogens with zero attached hydrogens (tertiary/aromatic N) is 1. The van der Waals surface area contributed by atoms with E-state index >= 15 is 0 Å². The van der Waals surface area contributed by atoms with Crippen LogP contribution in [0, 0.1) is 6.92 Å². The average Bonchev–Trinajstić information content (AvgIpc) is 2.44. The average molecular weight is 312 g/mol. The van der Waals surface area contributed by atoms with E-state index in [1.54, 1.807) is 12.4 Å². The predicted molar refractivity (Wildman–Crippen MR) is 88.1 cm³/mol. The molecule has 0 saturated heterocycles. The first-order valence-electron chi connectivity index (χ1n) is 6.88. The number of hydrogen-bond acceptors (Lipinski definition) is 4. The van der Waals surface area contributed by atoms with Gasteiger partial charge in [0.05, 0.1) is 11.9 Å². The van der Waals surface area contributed by atoms with Gasteiger partial charge in [-0.15, -0.1) is 0 Å². The maximum Gasteiger partial charge on any atom is 0.519 e. The van der Waals surface area contributed by atoms with Crippen molar-refractivity contribution in [3.05, 3.63) is 35.4 Å². The number of aromatic nitrogens is 1. The molecule has 0 aliphatic rings. The molecule has 1 rings (SSSR count). The zero-order valence-corrected chi connectivity index (χ0v) is 14.1. The SMILES string of the molecule is CCCC/C(N)=C(/CC)N[P+](=S)Oc1cnccc1C. The predicted octanol–water partition coefficient (Wildman–Crippen LogP) is 3.90. The maximum atomic E-state index is 6.10. The molecule has 0 aliphatic heterocycles. The number of pyridine rings is 1. The van der Waals surface area contributed by atoms with E-state index in [-0.39, 0.29) is 0 Å². The summed E-state index contributed by atoms with van der Waals surface area (Å²) in [7, 11) is -1.21. The lowest BCUT2D eigenvalue weighted by Gasteiger charge is -2.07. The van der Waals surface area contributed by atoms with Gasteiger partial charge in [0.1, 0.15) is 0 Å². The standard InChI is InChI=1S/C14H23N3OPS/c1-4-6-7-12(15)13(5-2)17-19(20)18-14-10-16-9-8-11(14)3/h8-10H,4-7,15H2,1-3H3,(H,17,20)/q+1/b13-12+. The summed E-state index contributed by atoms with van der Waals surface area (Å²) < 4.78 is 5.75. The van der Waals surface area contributed by atoms with Crippen LogP contribution < -0.4 is 15.3 Å². The lowest BCUT2D eigenvalue weighted by atomic mass is 10.1. The van der Waals surface area contributed by atoms with Gasteiger partial charge in [-0.25, -0.2) is 0 Å². The van der Waals surface area contributed by atoms with Crippen molar-refractivity contribution in [3.8, 4) is 5.75 Å². The molecule has 6 heteroatoms. The molecule has 1 aromatic heterocycles. The smallest absolute Gasteiger partial charge is 0.401 e. The third kappa shape index (κ3) is 5.43. The normalized spacial score (nSPS) is 12.7. The molecule has 3 N–H and O–H groups in total. The minimum atomic E-state index is -1.21. The van der Waals surface area contributed by atoms with Gasteiger partial charge in [-0.2, -0.15) is 5.09 Å². The second-order valence-electron chi connectivity index (χ2n) is 4.56. The Morgan fingerprint density at radius 2 is 2.25 bits per heavy atom. The van der Waals surface area contributed by atoms with Crippen LogP contribution in [0.1, 0.15) is 45.1 Å². The molecule has 0 amide bonds. The molecule has 20 heavy (non-hydrogen) atoms. The van der Waals surface area contributed by atoms with Crippen LogP contribution in [-0.2, 0) is 11.8 Å². The van der Waals surface area contributed by atoms with E-state index in [1.165, 1.54) is 0 Å². The van der Waals surface area contributed by atoms with Crippen molar-refractivity contribution in [2.24, 2.45) is 5.73 Å². The van der Waals surface area contributed by atoms with Crippen molar-refractivity contribution in [2.45, 2.75) is 46.5 Å². The Bertz CT molecular complexity index is 491. The third-order valence-corrected chi connectivity index (χ3v) is 4.25. The fourth-order valence-corrected chi connectivity index (χ4v) is 3.17. The van der Waals surface area contributed by atoms with Crippen molar-refractivity contribution in [1.82, 2.24) is 10.1 Å². The highest BCUT2D eigenvalue weighted by Crippen LogP contribution is 2.28. The van der Waals surface area contributed by atoms with Crippen molar-refractivity contribution < 1.29 is 4.52 Å². The van der Waals surface area contributed by atoms with Crippen LogP contribution >= 0.6 is 7.07 Å². The molecule has 0 aromatic carbocycles. The highest BCUT2D eigenvalue weighted by Gasteiger charge is 2.18. The Hall–Kier alpha value is -1.19. The fourth-order valence-electron chi connectivity index (χ4n) is 1.66. The van der Waals surface area contributed by atoms with E-state index in [9.17, 15) is 0 Å². The molecular formula is C14H23N3OPS+. The minimum absolute atomic E-state index is 0.726. The van der Waals surface area contributed by atoms with E-state index in [0.29, 0.717) is 0 Å². The zero-order valence-electron chi connectivity index (χ0n) is 12.3. The number of rotatable bonds is 8. The molecule has 1 aromatic rings. The topological polar surface area (TPSA) is 60.2 Å². The summed E-state index contributed by atoms with van der Waals surface area (Å²) >= 11 is 5.37. The highest BCUT2D eigenvalue weighted by molar-refractivity contribution is 8.02. The molecule has 0 saturated carbocycles. The number of aryl methyl sites for hydroxylation is 1. The summed E-state index contributed by atoms with van der Waals surface area (Å²) in [6, 6.07) is 1.90. The van der Waals surface area contributed by atoms with Crippen LogP contribution in [0.3, 0.4) is 0 Å².